The zero-order valence-electron chi connectivity index (χ0n) is 18.2. The van der Waals surface area contributed by atoms with E-state index in [0.29, 0.717) is 36.8 Å². The molecule has 0 amide bonds. The van der Waals surface area contributed by atoms with Crippen molar-refractivity contribution in [3.05, 3.63) is 71.8 Å². The first-order valence-corrected chi connectivity index (χ1v) is 13.5. The van der Waals surface area contributed by atoms with E-state index in [2.05, 4.69) is 10.3 Å². The molecular formula is C22H28N2O6S2. The van der Waals surface area contributed by atoms with Crippen molar-refractivity contribution in [1.82, 2.24) is 0 Å². The molecule has 0 spiro atoms. The summed E-state index contributed by atoms with van der Waals surface area (Å²) in [6.07, 6.45) is 2.21. The Hall–Kier alpha value is -2.72. The lowest BCUT2D eigenvalue weighted by Gasteiger charge is -2.11. The van der Waals surface area contributed by atoms with E-state index in [1.165, 1.54) is 0 Å². The number of hydrogen-bond acceptors (Lipinski definition) is 8. The standard InChI is InChI=1S/C22H28N2O6S2/c1-3-5-17-31(25,26)29-23-21(19-13-9-7-10-14-19)22(20-15-11-8-12-16-20)24-30-32(27,28)18-6-4-2/h7-16H,3-6,17-18H2,1-2H3. The third kappa shape index (κ3) is 8.43. The van der Waals surface area contributed by atoms with Gasteiger partial charge in [-0.15, -0.1) is 0 Å². The Morgan fingerprint density at radius 2 is 1.00 bits per heavy atom. The van der Waals surface area contributed by atoms with Crippen LogP contribution in [0, 0.1) is 0 Å². The minimum absolute atomic E-state index is 0.0302. The monoisotopic (exact) mass is 480 g/mol. The van der Waals surface area contributed by atoms with Gasteiger partial charge in [0, 0.05) is 11.1 Å². The predicted molar refractivity (Wildman–Crippen MR) is 126 cm³/mol. The molecule has 2 aromatic rings. The van der Waals surface area contributed by atoms with E-state index in [-0.39, 0.29) is 22.9 Å². The van der Waals surface area contributed by atoms with Gasteiger partial charge in [-0.25, -0.2) is 0 Å². The first-order valence-electron chi connectivity index (χ1n) is 10.4. The van der Waals surface area contributed by atoms with Crippen LogP contribution < -0.4 is 0 Å². The molecule has 2 aromatic carbocycles. The average Bonchev–Trinajstić information content (AvgIpc) is 2.79. The van der Waals surface area contributed by atoms with Gasteiger partial charge in [0.2, 0.25) is 0 Å². The van der Waals surface area contributed by atoms with E-state index >= 15 is 0 Å². The van der Waals surface area contributed by atoms with E-state index < -0.39 is 20.2 Å². The smallest absolute Gasteiger partial charge is 0.268 e. The van der Waals surface area contributed by atoms with Crippen LogP contribution in [0.25, 0.3) is 0 Å². The van der Waals surface area contributed by atoms with Gasteiger partial charge in [-0.3, -0.25) is 8.57 Å². The molecule has 174 valence electrons. The van der Waals surface area contributed by atoms with Gasteiger partial charge in [0.25, 0.3) is 0 Å². The van der Waals surface area contributed by atoms with Crippen LogP contribution in [0.2, 0.25) is 0 Å². The van der Waals surface area contributed by atoms with Crippen LogP contribution >= 0.6 is 0 Å². The highest BCUT2D eigenvalue weighted by atomic mass is 32.2. The van der Waals surface area contributed by atoms with Gasteiger partial charge in [0.1, 0.15) is 11.4 Å². The summed E-state index contributed by atoms with van der Waals surface area (Å²) in [4.78, 5) is 0. The summed E-state index contributed by atoms with van der Waals surface area (Å²) in [6, 6.07) is 17.2. The van der Waals surface area contributed by atoms with Gasteiger partial charge >= 0.3 is 20.2 Å². The fourth-order valence-electron chi connectivity index (χ4n) is 2.56. The van der Waals surface area contributed by atoms with E-state index in [4.69, 9.17) is 8.57 Å². The summed E-state index contributed by atoms with van der Waals surface area (Å²) in [7, 11) is -7.84. The van der Waals surface area contributed by atoms with Crippen molar-refractivity contribution >= 4 is 31.7 Å². The van der Waals surface area contributed by atoms with Gasteiger partial charge in [0.05, 0.1) is 11.5 Å². The lowest BCUT2D eigenvalue weighted by atomic mass is 10.0. The van der Waals surface area contributed by atoms with Crippen LogP contribution in [0.4, 0.5) is 0 Å². The topological polar surface area (TPSA) is 111 Å². The van der Waals surface area contributed by atoms with Crippen LogP contribution in [-0.2, 0) is 28.8 Å². The highest BCUT2D eigenvalue weighted by molar-refractivity contribution is 7.86. The molecule has 0 heterocycles. The van der Waals surface area contributed by atoms with Gasteiger partial charge in [0.15, 0.2) is 0 Å². The molecule has 0 N–H and O–H groups in total. The second-order valence-electron chi connectivity index (χ2n) is 6.99. The molecule has 0 unspecified atom stereocenters. The largest absolute Gasteiger partial charge is 0.328 e. The molecule has 10 heteroatoms. The van der Waals surface area contributed by atoms with Crippen molar-refractivity contribution in [3.63, 3.8) is 0 Å². The maximum atomic E-state index is 12.2. The lowest BCUT2D eigenvalue weighted by Crippen LogP contribution is -2.21. The molecule has 0 aliphatic rings. The quantitative estimate of drug-likeness (QED) is 0.315. The van der Waals surface area contributed by atoms with Crippen LogP contribution in [-0.4, -0.2) is 39.8 Å². The SMILES string of the molecule is CCCCS(=O)(=O)ON=C(C(=NOS(=O)(=O)CCCC)c1ccccc1)c1ccccc1. The van der Waals surface area contributed by atoms with E-state index in [1.807, 2.05) is 13.8 Å². The number of oxime groups is 2. The maximum Gasteiger partial charge on any atom is 0.328 e. The molecule has 0 aliphatic heterocycles. The molecule has 0 bridgehead atoms. The molecule has 0 saturated heterocycles. The number of nitrogens with zero attached hydrogens (tertiary/aromatic N) is 2. The predicted octanol–water partition coefficient (Wildman–Crippen LogP) is 4.09. The van der Waals surface area contributed by atoms with Gasteiger partial charge in [-0.1, -0.05) is 97.7 Å². The lowest BCUT2D eigenvalue weighted by molar-refractivity contribution is 0.334. The molecule has 32 heavy (non-hydrogen) atoms. The third-order valence-corrected chi connectivity index (χ3v) is 6.48. The summed E-state index contributed by atoms with van der Waals surface area (Å²) in [5, 5.41) is 7.76. The number of rotatable bonds is 13. The van der Waals surface area contributed by atoms with Gasteiger partial charge in [-0.2, -0.15) is 16.8 Å². The molecule has 8 nitrogen and oxygen atoms in total. The second kappa shape index (κ2) is 12.4. The zero-order chi connectivity index (χ0) is 23.5. The molecule has 0 fully saturated rings. The van der Waals surface area contributed by atoms with E-state index in [9.17, 15) is 16.8 Å². The highest BCUT2D eigenvalue weighted by Gasteiger charge is 2.21. The van der Waals surface area contributed by atoms with Crippen molar-refractivity contribution in [1.29, 1.82) is 0 Å². The van der Waals surface area contributed by atoms with Gasteiger partial charge in [-0.05, 0) is 12.8 Å². The van der Waals surface area contributed by atoms with Crippen molar-refractivity contribution in [3.8, 4) is 0 Å². The van der Waals surface area contributed by atoms with Crippen molar-refractivity contribution in [2.75, 3.05) is 11.5 Å². The Morgan fingerprint density at radius 1 is 0.656 bits per heavy atom. The van der Waals surface area contributed by atoms with Crippen molar-refractivity contribution < 1.29 is 25.4 Å². The zero-order valence-corrected chi connectivity index (χ0v) is 19.8. The summed E-state index contributed by atoms with van der Waals surface area (Å²) in [5.74, 6) is -0.371. The molecule has 0 aromatic heterocycles. The Bertz CT molecular complexity index is 1020. The summed E-state index contributed by atoms with van der Waals surface area (Å²) < 4.78 is 58.7. The molecule has 0 radical (unpaired) electrons. The van der Waals surface area contributed by atoms with Gasteiger partial charge < -0.3 is 0 Å². The Kier molecular flexibility index (Phi) is 9.86. The second-order valence-corrected chi connectivity index (χ2v) is 10.3. The van der Waals surface area contributed by atoms with Crippen LogP contribution in [0.15, 0.2) is 71.0 Å². The number of unbranched alkanes of at least 4 members (excludes halogenated alkanes) is 2. The van der Waals surface area contributed by atoms with Crippen molar-refractivity contribution in [2.45, 2.75) is 39.5 Å². The Balaban J connectivity index is 2.54. The minimum Gasteiger partial charge on any atom is -0.268 e. The summed E-state index contributed by atoms with van der Waals surface area (Å²) in [6.45, 7) is 3.73. The Morgan fingerprint density at radius 3 is 1.31 bits per heavy atom. The highest BCUT2D eigenvalue weighted by Crippen LogP contribution is 2.14. The van der Waals surface area contributed by atoms with Crippen molar-refractivity contribution in [2.24, 2.45) is 10.3 Å². The normalized spacial score (nSPS) is 13.1. The first kappa shape index (κ1) is 25.5. The third-order valence-electron chi connectivity index (χ3n) is 4.30. The van der Waals surface area contributed by atoms with E-state index in [1.54, 1.807) is 60.7 Å². The van der Waals surface area contributed by atoms with Crippen LogP contribution in [0.5, 0.6) is 0 Å². The first-order chi connectivity index (χ1) is 15.3. The molecule has 2 rings (SSSR count). The molecule has 0 aliphatic carbocycles. The Labute approximate surface area is 190 Å². The maximum absolute atomic E-state index is 12.2. The summed E-state index contributed by atoms with van der Waals surface area (Å²) >= 11 is 0. The minimum atomic E-state index is -3.92. The summed E-state index contributed by atoms with van der Waals surface area (Å²) in [5.41, 5.74) is 1.02. The molecule has 0 atom stereocenters. The average molecular weight is 481 g/mol. The molecular weight excluding hydrogens is 452 g/mol. The van der Waals surface area contributed by atoms with Crippen LogP contribution in [0.1, 0.15) is 50.7 Å². The van der Waals surface area contributed by atoms with E-state index in [0.717, 1.165) is 0 Å². The number of benzene rings is 2. The fraction of sp³-hybridized carbons (Fsp3) is 0.364. The van der Waals surface area contributed by atoms with Crippen LogP contribution in [0.3, 0.4) is 0 Å². The fourth-order valence-corrected chi connectivity index (χ4v) is 4.37. The number of hydrogen-bond donors (Lipinski definition) is 0. The molecule has 0 saturated carbocycles.